The molecule has 0 aliphatic carbocycles. The van der Waals surface area contributed by atoms with Crippen LogP contribution in [0.2, 0.25) is 10.0 Å². The first-order chi connectivity index (χ1) is 10.3. The van der Waals surface area contributed by atoms with E-state index in [0.29, 0.717) is 23.1 Å². The zero-order valence-electron chi connectivity index (χ0n) is 13.3. The molecule has 0 radical (unpaired) electrons. The number of ether oxygens (including phenoxy) is 1. The highest BCUT2D eigenvalue weighted by Gasteiger charge is 2.31. The molecule has 1 aliphatic rings. The number of benzene rings is 1. The number of rotatable bonds is 5. The van der Waals surface area contributed by atoms with Gasteiger partial charge in [0.1, 0.15) is 6.10 Å². The minimum Gasteiger partial charge on any atom is -0.364 e. The summed E-state index contributed by atoms with van der Waals surface area (Å²) in [5.41, 5.74) is 6.33. The lowest BCUT2D eigenvalue weighted by atomic mass is 9.84. The van der Waals surface area contributed by atoms with E-state index in [1.54, 1.807) is 6.07 Å². The second kappa shape index (κ2) is 8.54. The van der Waals surface area contributed by atoms with Crippen LogP contribution in [0.15, 0.2) is 18.2 Å². The summed E-state index contributed by atoms with van der Waals surface area (Å²) in [5, 5.41) is 4.00. The zero-order valence-corrected chi connectivity index (χ0v) is 15.6. The minimum atomic E-state index is -0.391. The van der Waals surface area contributed by atoms with E-state index in [-0.39, 0.29) is 29.8 Å². The largest absolute Gasteiger partial charge is 0.364 e. The Morgan fingerprint density at radius 3 is 2.61 bits per heavy atom. The summed E-state index contributed by atoms with van der Waals surface area (Å²) in [5.74, 6) is -0.0796. The molecule has 1 aliphatic heterocycles. The van der Waals surface area contributed by atoms with E-state index in [1.807, 2.05) is 26.0 Å². The second-order valence-electron chi connectivity index (χ2n) is 6.29. The maximum Gasteiger partial charge on any atom is 0.249 e. The number of amides is 1. The number of halogens is 3. The molecule has 1 aromatic rings. The summed E-state index contributed by atoms with van der Waals surface area (Å²) in [7, 11) is 0. The normalized spacial score (nSPS) is 20.9. The van der Waals surface area contributed by atoms with E-state index in [2.05, 4.69) is 5.32 Å². The third-order valence-corrected chi connectivity index (χ3v) is 4.81. The molecule has 1 fully saturated rings. The Labute approximate surface area is 153 Å². The van der Waals surface area contributed by atoms with Crippen molar-refractivity contribution in [1.82, 2.24) is 5.32 Å². The van der Waals surface area contributed by atoms with E-state index in [0.717, 1.165) is 18.4 Å². The molecular formula is C16H23Cl3N2O2. The molecule has 130 valence electrons. The highest BCUT2D eigenvalue weighted by molar-refractivity contribution is 6.42. The van der Waals surface area contributed by atoms with Gasteiger partial charge in [-0.15, -0.1) is 12.4 Å². The molecule has 1 amide bonds. The van der Waals surface area contributed by atoms with Gasteiger partial charge in [0.25, 0.3) is 0 Å². The molecule has 23 heavy (non-hydrogen) atoms. The minimum absolute atomic E-state index is 0. The summed E-state index contributed by atoms with van der Waals surface area (Å²) in [6.07, 6.45) is 1.17. The third-order valence-electron chi connectivity index (χ3n) is 4.07. The molecule has 0 aromatic heterocycles. The summed E-state index contributed by atoms with van der Waals surface area (Å²) in [6, 6.07) is 5.54. The van der Waals surface area contributed by atoms with Gasteiger partial charge in [-0.05, 0) is 30.5 Å². The average molecular weight is 382 g/mol. The van der Waals surface area contributed by atoms with Crippen LogP contribution in [0.5, 0.6) is 0 Å². The highest BCUT2D eigenvalue weighted by Crippen LogP contribution is 2.29. The van der Waals surface area contributed by atoms with Crippen LogP contribution in [-0.4, -0.2) is 31.2 Å². The molecule has 0 saturated carbocycles. The number of hydrogen-bond acceptors (Lipinski definition) is 3. The van der Waals surface area contributed by atoms with Crippen LogP contribution in [0.25, 0.3) is 0 Å². The summed E-state index contributed by atoms with van der Waals surface area (Å²) in [6.45, 7) is 5.05. The average Bonchev–Trinajstić information content (AvgIpc) is 2.96. The molecule has 4 nitrogen and oxygen atoms in total. The number of carbonyl (C=O) groups is 1. The van der Waals surface area contributed by atoms with Gasteiger partial charge < -0.3 is 15.8 Å². The highest BCUT2D eigenvalue weighted by atomic mass is 35.5. The first-order valence-electron chi connectivity index (χ1n) is 7.42. The lowest BCUT2D eigenvalue weighted by molar-refractivity contribution is -0.132. The van der Waals surface area contributed by atoms with Gasteiger partial charge in [-0.3, -0.25) is 4.79 Å². The van der Waals surface area contributed by atoms with Crippen molar-refractivity contribution < 1.29 is 9.53 Å². The SMILES string of the molecule is CC(C)(CNC(=O)[C@@H]1CC[C@H](CN)O1)c1ccc(Cl)c(Cl)c1.Cl. The van der Waals surface area contributed by atoms with Gasteiger partial charge in [-0.25, -0.2) is 0 Å². The zero-order chi connectivity index (χ0) is 16.3. The van der Waals surface area contributed by atoms with Gasteiger partial charge in [-0.1, -0.05) is 43.1 Å². The molecule has 2 atom stereocenters. The molecule has 0 spiro atoms. The molecule has 1 heterocycles. The van der Waals surface area contributed by atoms with Crippen molar-refractivity contribution in [3.05, 3.63) is 33.8 Å². The standard InChI is InChI=1S/C16H22Cl2N2O2.ClH/c1-16(2,10-3-5-12(17)13(18)7-10)9-20-15(21)14-6-4-11(8-19)22-14;/h3,5,7,11,14H,4,6,8-9,19H2,1-2H3,(H,20,21);1H/t11-,14+;/m1./s1. The van der Waals surface area contributed by atoms with Crippen LogP contribution in [0.1, 0.15) is 32.3 Å². The fourth-order valence-electron chi connectivity index (χ4n) is 2.51. The maximum absolute atomic E-state index is 12.2. The van der Waals surface area contributed by atoms with Gasteiger partial charge in [-0.2, -0.15) is 0 Å². The smallest absolute Gasteiger partial charge is 0.249 e. The third kappa shape index (κ3) is 5.23. The molecule has 1 saturated heterocycles. The van der Waals surface area contributed by atoms with Crippen molar-refractivity contribution in [3.63, 3.8) is 0 Å². The van der Waals surface area contributed by atoms with Crippen LogP contribution in [0.4, 0.5) is 0 Å². The lowest BCUT2D eigenvalue weighted by Gasteiger charge is -2.27. The van der Waals surface area contributed by atoms with E-state index in [9.17, 15) is 4.79 Å². The fraction of sp³-hybridized carbons (Fsp3) is 0.562. The maximum atomic E-state index is 12.2. The van der Waals surface area contributed by atoms with Crippen LogP contribution in [0, 0.1) is 0 Å². The molecule has 1 aromatic carbocycles. The Morgan fingerprint density at radius 1 is 1.35 bits per heavy atom. The number of hydrogen-bond donors (Lipinski definition) is 2. The molecular weight excluding hydrogens is 359 g/mol. The van der Waals surface area contributed by atoms with Crippen molar-refractivity contribution in [1.29, 1.82) is 0 Å². The summed E-state index contributed by atoms with van der Waals surface area (Å²) < 4.78 is 5.60. The van der Waals surface area contributed by atoms with E-state index >= 15 is 0 Å². The van der Waals surface area contributed by atoms with Gasteiger partial charge in [0, 0.05) is 18.5 Å². The van der Waals surface area contributed by atoms with Crippen LogP contribution >= 0.6 is 35.6 Å². The van der Waals surface area contributed by atoms with Gasteiger partial charge in [0.05, 0.1) is 16.1 Å². The van der Waals surface area contributed by atoms with Crippen molar-refractivity contribution in [2.45, 2.75) is 44.3 Å². The predicted molar refractivity (Wildman–Crippen MR) is 96.7 cm³/mol. The van der Waals surface area contributed by atoms with Crippen LogP contribution < -0.4 is 11.1 Å². The van der Waals surface area contributed by atoms with Crippen molar-refractivity contribution in [2.75, 3.05) is 13.1 Å². The first-order valence-corrected chi connectivity index (χ1v) is 8.18. The predicted octanol–water partition coefficient (Wildman–Crippen LogP) is 3.32. The van der Waals surface area contributed by atoms with E-state index < -0.39 is 6.10 Å². The molecule has 2 rings (SSSR count). The van der Waals surface area contributed by atoms with Crippen molar-refractivity contribution in [2.24, 2.45) is 5.73 Å². The monoisotopic (exact) mass is 380 g/mol. The van der Waals surface area contributed by atoms with Gasteiger partial charge >= 0.3 is 0 Å². The Balaban J connectivity index is 0.00000264. The Bertz CT molecular complexity index is 552. The van der Waals surface area contributed by atoms with Crippen molar-refractivity contribution in [3.8, 4) is 0 Å². The Hall–Kier alpha value is -0.520. The fourth-order valence-corrected chi connectivity index (χ4v) is 2.81. The number of nitrogens with two attached hydrogens (primary N) is 1. The molecule has 3 N–H and O–H groups in total. The molecule has 0 unspecified atom stereocenters. The van der Waals surface area contributed by atoms with Gasteiger partial charge in [0.2, 0.25) is 5.91 Å². The topological polar surface area (TPSA) is 64.4 Å². The van der Waals surface area contributed by atoms with Crippen LogP contribution in [-0.2, 0) is 14.9 Å². The second-order valence-corrected chi connectivity index (χ2v) is 7.10. The van der Waals surface area contributed by atoms with Gasteiger partial charge in [0.15, 0.2) is 0 Å². The summed E-state index contributed by atoms with van der Waals surface area (Å²) >= 11 is 12.0. The Morgan fingerprint density at radius 2 is 2.04 bits per heavy atom. The van der Waals surface area contributed by atoms with E-state index in [4.69, 9.17) is 33.7 Å². The van der Waals surface area contributed by atoms with E-state index in [1.165, 1.54) is 0 Å². The molecule has 0 bridgehead atoms. The number of carbonyl (C=O) groups excluding carboxylic acids is 1. The summed E-state index contributed by atoms with van der Waals surface area (Å²) in [4.78, 5) is 12.2. The number of nitrogens with one attached hydrogen (secondary N) is 1. The van der Waals surface area contributed by atoms with Crippen LogP contribution in [0.3, 0.4) is 0 Å². The Kier molecular flexibility index (Phi) is 7.62. The van der Waals surface area contributed by atoms with Crippen molar-refractivity contribution >= 4 is 41.5 Å². The lowest BCUT2D eigenvalue weighted by Crippen LogP contribution is -2.42. The molecule has 7 heteroatoms. The quantitative estimate of drug-likeness (QED) is 0.822. The first kappa shape index (κ1) is 20.5.